The first-order valence-corrected chi connectivity index (χ1v) is 16.2. The number of pyridine rings is 1. The summed E-state index contributed by atoms with van der Waals surface area (Å²) >= 11 is 0. The molecule has 2 heterocycles. The van der Waals surface area contributed by atoms with E-state index in [-0.39, 0.29) is 16.5 Å². The molecule has 1 unspecified atom stereocenters. The van der Waals surface area contributed by atoms with E-state index in [2.05, 4.69) is 35.8 Å². The molecule has 1 aliphatic rings. The highest BCUT2D eigenvalue weighted by atomic mass is 32.2. The van der Waals surface area contributed by atoms with Crippen molar-refractivity contribution in [3.05, 3.63) is 84.2 Å². The van der Waals surface area contributed by atoms with Crippen LogP contribution >= 0.6 is 0 Å². The lowest BCUT2D eigenvalue weighted by Gasteiger charge is -2.28. The Morgan fingerprint density at radius 1 is 1.00 bits per heavy atom. The van der Waals surface area contributed by atoms with Crippen molar-refractivity contribution in [1.82, 2.24) is 15.2 Å². The van der Waals surface area contributed by atoms with Crippen LogP contribution in [0.5, 0.6) is 0 Å². The largest absolute Gasteiger partial charge is 0.387 e. The van der Waals surface area contributed by atoms with Crippen molar-refractivity contribution in [3.63, 3.8) is 0 Å². The number of unbranched alkanes of at least 4 members (excludes halogenated alkanes) is 3. The minimum absolute atomic E-state index is 0.0247. The van der Waals surface area contributed by atoms with Crippen molar-refractivity contribution in [2.24, 2.45) is 0 Å². The molecule has 2 aromatic carbocycles. The lowest BCUT2D eigenvalue weighted by Crippen LogP contribution is -2.43. The maximum Gasteiger partial charge on any atom is 0.324 e. The lowest BCUT2D eigenvalue weighted by molar-refractivity contribution is 0.160. The highest BCUT2D eigenvalue weighted by Gasteiger charge is 2.29. The van der Waals surface area contributed by atoms with E-state index in [9.17, 15) is 18.3 Å². The minimum Gasteiger partial charge on any atom is -0.387 e. The number of anilines is 2. The Balaban J connectivity index is 1.30. The molecule has 1 aliphatic heterocycles. The van der Waals surface area contributed by atoms with Gasteiger partial charge in [0.15, 0.2) is 0 Å². The number of hydrogen-bond acceptors (Lipinski definition) is 6. The van der Waals surface area contributed by atoms with E-state index in [1.807, 2.05) is 23.1 Å². The van der Waals surface area contributed by atoms with Gasteiger partial charge in [-0.3, -0.25) is 14.6 Å². The Bertz CT molecular complexity index is 1400. The summed E-state index contributed by atoms with van der Waals surface area (Å²) in [5.41, 5.74) is 2.66. The van der Waals surface area contributed by atoms with E-state index in [1.54, 1.807) is 47.6 Å². The van der Waals surface area contributed by atoms with E-state index >= 15 is 0 Å². The Morgan fingerprint density at radius 3 is 2.40 bits per heavy atom. The van der Waals surface area contributed by atoms with Gasteiger partial charge in [0.1, 0.15) is 0 Å². The number of hydrogen-bond donors (Lipinski definition) is 3. The fraction of sp³-hybridized carbons (Fsp3) is 0.438. The zero-order chi connectivity index (χ0) is 30.2. The van der Waals surface area contributed by atoms with Crippen molar-refractivity contribution in [1.29, 1.82) is 0 Å². The van der Waals surface area contributed by atoms with Crippen molar-refractivity contribution in [2.45, 2.75) is 69.4 Å². The second kappa shape index (κ2) is 14.1. The third-order valence-electron chi connectivity index (χ3n) is 7.53. The van der Waals surface area contributed by atoms with Crippen LogP contribution in [0, 0.1) is 0 Å². The molecule has 3 N–H and O–H groups in total. The zero-order valence-corrected chi connectivity index (χ0v) is 25.6. The monoisotopic (exact) mass is 593 g/mol. The molecule has 0 aliphatic carbocycles. The number of nitrogens with one attached hydrogen (secondary N) is 2. The first-order valence-electron chi connectivity index (χ1n) is 14.7. The predicted molar refractivity (Wildman–Crippen MR) is 167 cm³/mol. The van der Waals surface area contributed by atoms with Crippen molar-refractivity contribution < 1.29 is 18.3 Å². The Kier molecular flexibility index (Phi) is 10.6. The quantitative estimate of drug-likeness (QED) is 0.205. The zero-order valence-electron chi connectivity index (χ0n) is 24.8. The number of carbonyl (C=O) groups excluding carboxylic acids is 1. The molecule has 0 saturated carbocycles. The number of sulfonamides is 1. The number of carbonyl (C=O) groups is 1. The molecule has 4 rings (SSSR count). The summed E-state index contributed by atoms with van der Waals surface area (Å²) in [4.78, 5) is 20.6. The molecule has 1 fully saturated rings. The van der Waals surface area contributed by atoms with Gasteiger partial charge in [-0.1, -0.05) is 44.4 Å². The summed E-state index contributed by atoms with van der Waals surface area (Å²) < 4.78 is 28.8. The summed E-state index contributed by atoms with van der Waals surface area (Å²) in [6.45, 7) is 8.71. The predicted octanol–water partition coefficient (Wildman–Crippen LogP) is 5.35. The molecule has 42 heavy (non-hydrogen) atoms. The third-order valence-corrected chi connectivity index (χ3v) is 8.93. The molecular weight excluding hydrogens is 550 g/mol. The fourth-order valence-corrected chi connectivity index (χ4v) is 6.16. The molecule has 0 radical (unpaired) electrons. The smallest absolute Gasteiger partial charge is 0.324 e. The van der Waals surface area contributed by atoms with E-state index in [0.29, 0.717) is 37.4 Å². The summed E-state index contributed by atoms with van der Waals surface area (Å²) in [6.07, 6.45) is 7.82. The Hall–Kier alpha value is -3.47. The number of β-amino-alcohol motifs (C(OH)–C–C–N with tert-alkyl or cyclic N) is 1. The molecule has 1 aromatic heterocycles. The number of aliphatic hydroxyl groups excluding tert-OH is 1. The van der Waals surface area contributed by atoms with Crippen molar-refractivity contribution in [2.75, 3.05) is 35.8 Å². The topological polar surface area (TPSA) is 115 Å². The van der Waals surface area contributed by atoms with E-state index < -0.39 is 16.1 Å². The molecule has 0 bridgehead atoms. The van der Waals surface area contributed by atoms with Crippen LogP contribution in [-0.2, 0) is 16.4 Å². The van der Waals surface area contributed by atoms with E-state index in [0.717, 1.165) is 36.9 Å². The maximum absolute atomic E-state index is 13.1. The summed E-state index contributed by atoms with van der Waals surface area (Å²) in [5.74, 6) is 0. The summed E-state index contributed by atoms with van der Waals surface area (Å²) in [7, 11) is -3.80. The number of aliphatic hydroxyl groups is 1. The third kappa shape index (κ3) is 8.53. The van der Waals surface area contributed by atoms with Gasteiger partial charge in [0.05, 0.1) is 11.0 Å². The molecule has 3 aromatic rings. The summed E-state index contributed by atoms with van der Waals surface area (Å²) in [5, 5.41) is 13.8. The van der Waals surface area contributed by atoms with Crippen molar-refractivity contribution in [3.8, 4) is 0 Å². The van der Waals surface area contributed by atoms with E-state index in [4.69, 9.17) is 0 Å². The standard InChI is InChI=1S/C32H43N5O4S/c1-4-5-6-7-19-36-20-21-37(31(36)39)28-14-16-29(17-15-28)42(40,41)35-27-12-10-25(11-13-27)22-32(2,3)34-24-30(38)26-9-8-18-33-23-26/h8-18,23,30,34-35,38H,4-7,19-22,24H2,1-3H3. The van der Waals surface area contributed by atoms with Crippen LogP contribution in [0.2, 0.25) is 0 Å². The van der Waals surface area contributed by atoms with E-state index in [1.165, 1.54) is 18.6 Å². The van der Waals surface area contributed by atoms with Gasteiger partial charge in [-0.05, 0) is 74.7 Å². The van der Waals surface area contributed by atoms with Gasteiger partial charge in [-0.15, -0.1) is 0 Å². The van der Waals surface area contributed by atoms with Gasteiger partial charge in [-0.25, -0.2) is 13.2 Å². The average molecular weight is 594 g/mol. The molecule has 1 saturated heterocycles. The second-order valence-corrected chi connectivity index (χ2v) is 13.2. The average Bonchev–Trinajstić information content (AvgIpc) is 3.35. The minimum atomic E-state index is -3.80. The van der Waals surface area contributed by atoms with Crippen LogP contribution in [0.25, 0.3) is 0 Å². The molecule has 1 atom stereocenters. The molecule has 226 valence electrons. The van der Waals surface area contributed by atoms with Crippen molar-refractivity contribution >= 4 is 27.4 Å². The summed E-state index contributed by atoms with van der Waals surface area (Å²) in [6, 6.07) is 17.4. The number of benzene rings is 2. The molecule has 9 nitrogen and oxygen atoms in total. The SMILES string of the molecule is CCCCCCN1CCN(c2ccc(S(=O)(=O)Nc3ccc(CC(C)(C)NCC(O)c4cccnc4)cc3)cc2)C1=O. The number of amides is 2. The van der Waals surface area contributed by atoms with Crippen LogP contribution in [0.15, 0.2) is 78.0 Å². The van der Waals surface area contributed by atoms with Gasteiger partial charge in [-0.2, -0.15) is 0 Å². The second-order valence-electron chi connectivity index (χ2n) is 11.5. The highest BCUT2D eigenvalue weighted by Crippen LogP contribution is 2.25. The number of aromatic nitrogens is 1. The first-order chi connectivity index (χ1) is 20.1. The van der Waals surface area contributed by atoms with Crippen LogP contribution in [0.3, 0.4) is 0 Å². The van der Waals surface area contributed by atoms with Crippen LogP contribution in [-0.4, -0.2) is 61.2 Å². The first kappa shape index (κ1) is 31.5. The van der Waals surface area contributed by atoms with Gasteiger partial charge in [0.2, 0.25) is 0 Å². The normalized spacial score (nSPS) is 14.8. The lowest BCUT2D eigenvalue weighted by atomic mass is 9.94. The fourth-order valence-electron chi connectivity index (χ4n) is 5.11. The highest BCUT2D eigenvalue weighted by molar-refractivity contribution is 7.92. The molecule has 0 spiro atoms. The number of nitrogens with zero attached hydrogens (tertiary/aromatic N) is 3. The van der Waals surface area contributed by atoms with Gasteiger partial charge in [0, 0.05) is 61.0 Å². The molecule has 10 heteroatoms. The van der Waals surface area contributed by atoms with Gasteiger partial charge < -0.3 is 15.3 Å². The van der Waals surface area contributed by atoms with Gasteiger partial charge in [0.25, 0.3) is 10.0 Å². The Labute approximate surface area is 250 Å². The molecular formula is C32H43N5O4S. The Morgan fingerprint density at radius 2 is 1.74 bits per heavy atom. The van der Waals surface area contributed by atoms with Crippen LogP contribution in [0.4, 0.5) is 16.2 Å². The maximum atomic E-state index is 13.1. The van der Waals surface area contributed by atoms with Crippen LogP contribution in [0.1, 0.15) is 63.7 Å². The van der Waals surface area contributed by atoms with Crippen LogP contribution < -0.4 is 14.9 Å². The number of rotatable bonds is 15. The number of urea groups is 1. The molecule has 2 amide bonds. The van der Waals surface area contributed by atoms with Gasteiger partial charge >= 0.3 is 6.03 Å².